The van der Waals surface area contributed by atoms with E-state index in [9.17, 15) is 9.59 Å². The fraction of sp³-hybridized carbons (Fsp3) is 0.542. The molecular weight excluding hydrogens is 446 g/mol. The van der Waals surface area contributed by atoms with Gasteiger partial charge in [-0.25, -0.2) is 15.0 Å². The number of aryl methyl sites for hydroxylation is 1. The number of piperidine rings is 1. The lowest BCUT2D eigenvalue weighted by atomic mass is 10.0. The summed E-state index contributed by atoms with van der Waals surface area (Å²) in [6.07, 6.45) is 5.40. The number of amides is 2. The van der Waals surface area contributed by atoms with Crippen molar-refractivity contribution in [3.8, 4) is 0 Å². The van der Waals surface area contributed by atoms with E-state index in [-0.39, 0.29) is 23.2 Å². The highest BCUT2D eigenvalue weighted by atomic mass is 16.2. The Balaban J connectivity index is 1.60. The molecule has 11 nitrogen and oxygen atoms in total. The molecule has 3 heterocycles. The number of anilines is 3. The van der Waals surface area contributed by atoms with Crippen molar-refractivity contribution in [3.05, 3.63) is 35.3 Å². The van der Waals surface area contributed by atoms with Crippen LogP contribution in [-0.4, -0.2) is 82.4 Å². The Hall–Kier alpha value is -3.47. The third-order valence-corrected chi connectivity index (χ3v) is 6.55. The molecule has 0 radical (unpaired) electrons. The van der Waals surface area contributed by atoms with Gasteiger partial charge in [-0.15, -0.1) is 0 Å². The zero-order chi connectivity index (χ0) is 25.5. The van der Waals surface area contributed by atoms with Crippen LogP contribution in [0.15, 0.2) is 18.3 Å². The smallest absolute Gasteiger partial charge is 0.271 e. The maximum atomic E-state index is 12.8. The quantitative estimate of drug-likeness (QED) is 0.452. The van der Waals surface area contributed by atoms with E-state index in [1.807, 2.05) is 11.8 Å². The summed E-state index contributed by atoms with van der Waals surface area (Å²) in [6.45, 7) is 7.69. The van der Waals surface area contributed by atoms with Crippen LogP contribution in [0.4, 0.5) is 17.5 Å². The highest BCUT2D eigenvalue weighted by Gasteiger charge is 2.27. The number of hydrogen-bond donors (Lipinski definition) is 3. The summed E-state index contributed by atoms with van der Waals surface area (Å²) in [7, 11) is 2.11. The SMILES string of the molecule is CCCCN(CCN(C)C1CCN(C(=O)c2cccnc2N)CC1)c1nc(N)c(C(N)=O)nc1C. The zero-order valence-corrected chi connectivity index (χ0v) is 20.9. The number of nitrogens with zero attached hydrogens (tertiary/aromatic N) is 6. The van der Waals surface area contributed by atoms with E-state index in [2.05, 4.69) is 38.7 Å². The molecule has 2 amide bonds. The molecule has 2 aromatic heterocycles. The molecule has 3 rings (SSSR count). The van der Waals surface area contributed by atoms with Crippen LogP contribution in [0.3, 0.4) is 0 Å². The molecule has 0 aromatic carbocycles. The van der Waals surface area contributed by atoms with E-state index in [4.69, 9.17) is 17.2 Å². The fourth-order valence-corrected chi connectivity index (χ4v) is 4.42. The summed E-state index contributed by atoms with van der Waals surface area (Å²) in [6, 6.07) is 3.82. The summed E-state index contributed by atoms with van der Waals surface area (Å²) in [5.41, 5.74) is 18.3. The lowest BCUT2D eigenvalue weighted by molar-refractivity contribution is 0.0648. The number of rotatable bonds is 10. The predicted octanol–water partition coefficient (Wildman–Crippen LogP) is 1.29. The van der Waals surface area contributed by atoms with Crippen molar-refractivity contribution in [2.45, 2.75) is 45.6 Å². The number of nitrogens with two attached hydrogens (primary N) is 3. The van der Waals surface area contributed by atoms with Gasteiger partial charge in [0.2, 0.25) is 0 Å². The highest BCUT2D eigenvalue weighted by molar-refractivity contribution is 5.98. The molecule has 6 N–H and O–H groups in total. The van der Waals surface area contributed by atoms with Gasteiger partial charge >= 0.3 is 0 Å². The van der Waals surface area contributed by atoms with E-state index >= 15 is 0 Å². The number of hydrogen-bond acceptors (Lipinski definition) is 9. The molecule has 1 aliphatic rings. The van der Waals surface area contributed by atoms with Crippen LogP contribution in [0.25, 0.3) is 0 Å². The number of carbonyl (C=O) groups excluding carboxylic acids is 2. The molecular formula is C24H37N9O2. The van der Waals surface area contributed by atoms with E-state index in [1.165, 1.54) is 0 Å². The lowest BCUT2D eigenvalue weighted by Gasteiger charge is -2.38. The van der Waals surface area contributed by atoms with Crippen LogP contribution in [0.5, 0.6) is 0 Å². The Bertz CT molecular complexity index is 1040. The van der Waals surface area contributed by atoms with Crippen molar-refractivity contribution in [2.24, 2.45) is 5.73 Å². The van der Waals surface area contributed by atoms with Gasteiger partial charge in [-0.05, 0) is 45.4 Å². The molecule has 0 aliphatic carbocycles. The molecule has 0 unspecified atom stereocenters. The first-order chi connectivity index (χ1) is 16.7. The van der Waals surface area contributed by atoms with E-state index < -0.39 is 5.91 Å². The fourth-order valence-electron chi connectivity index (χ4n) is 4.42. The number of aromatic nitrogens is 3. The third kappa shape index (κ3) is 6.36. The van der Waals surface area contributed by atoms with Gasteiger partial charge in [0.1, 0.15) is 5.82 Å². The minimum absolute atomic E-state index is 0.00755. The van der Waals surface area contributed by atoms with Crippen LogP contribution < -0.4 is 22.1 Å². The number of likely N-dealkylation sites (tertiary alicyclic amines) is 1. The van der Waals surface area contributed by atoms with Gasteiger partial charge in [-0.2, -0.15) is 0 Å². The first kappa shape index (κ1) is 26.1. The number of nitrogen functional groups attached to an aromatic ring is 2. The predicted molar refractivity (Wildman–Crippen MR) is 137 cm³/mol. The molecule has 1 aliphatic heterocycles. The molecule has 1 fully saturated rings. The summed E-state index contributed by atoms with van der Waals surface area (Å²) >= 11 is 0. The summed E-state index contributed by atoms with van der Waals surface area (Å²) in [5, 5.41) is 0. The maximum absolute atomic E-state index is 12.8. The van der Waals surface area contributed by atoms with Crippen LogP contribution >= 0.6 is 0 Å². The topological polar surface area (TPSA) is 161 Å². The van der Waals surface area contributed by atoms with Crippen molar-refractivity contribution in [1.29, 1.82) is 0 Å². The monoisotopic (exact) mass is 483 g/mol. The molecule has 190 valence electrons. The summed E-state index contributed by atoms with van der Waals surface area (Å²) < 4.78 is 0. The number of primary amides is 1. The average molecular weight is 484 g/mol. The van der Waals surface area contributed by atoms with Crippen LogP contribution in [0.1, 0.15) is 59.1 Å². The van der Waals surface area contributed by atoms with Gasteiger partial charge in [0.05, 0.1) is 11.3 Å². The lowest BCUT2D eigenvalue weighted by Crippen LogP contribution is -2.47. The highest BCUT2D eigenvalue weighted by Crippen LogP contribution is 2.22. The molecule has 0 atom stereocenters. The second-order valence-electron chi connectivity index (χ2n) is 9.01. The average Bonchev–Trinajstić information content (AvgIpc) is 2.85. The van der Waals surface area contributed by atoms with Crippen molar-refractivity contribution < 1.29 is 9.59 Å². The zero-order valence-electron chi connectivity index (χ0n) is 20.9. The summed E-state index contributed by atoms with van der Waals surface area (Å²) in [5.74, 6) is 0.267. The van der Waals surface area contributed by atoms with Crippen LogP contribution in [0, 0.1) is 6.92 Å². The largest absolute Gasteiger partial charge is 0.383 e. The van der Waals surface area contributed by atoms with E-state index in [0.29, 0.717) is 36.2 Å². The first-order valence-corrected chi connectivity index (χ1v) is 12.1. The van der Waals surface area contributed by atoms with Gasteiger partial charge in [-0.3, -0.25) is 9.59 Å². The van der Waals surface area contributed by atoms with Crippen molar-refractivity contribution >= 4 is 29.3 Å². The van der Waals surface area contributed by atoms with Gasteiger partial charge in [0.25, 0.3) is 11.8 Å². The van der Waals surface area contributed by atoms with Gasteiger partial charge < -0.3 is 31.9 Å². The standard InChI is InChI=1S/C24H37N9O2/c1-4-5-11-32(23-16(2)29-19(22(27)34)21(26)30-23)15-14-31(3)17-8-12-33(13-9-17)24(35)18-7-6-10-28-20(18)25/h6-7,10,17H,4-5,8-9,11-15H2,1-3H3,(H2,25,28)(H2,26,30)(H2,27,34). The van der Waals surface area contributed by atoms with Crippen LogP contribution in [0.2, 0.25) is 0 Å². The number of pyridine rings is 1. The first-order valence-electron chi connectivity index (χ1n) is 12.1. The number of unbranched alkanes of at least 4 members (excludes halogenated alkanes) is 1. The van der Waals surface area contributed by atoms with Crippen LogP contribution in [-0.2, 0) is 0 Å². The minimum Gasteiger partial charge on any atom is -0.383 e. The Labute approximate surface area is 206 Å². The Kier molecular flexibility index (Phi) is 8.80. The van der Waals surface area contributed by atoms with Gasteiger partial charge in [0.15, 0.2) is 17.3 Å². The normalized spacial score (nSPS) is 14.3. The molecule has 35 heavy (non-hydrogen) atoms. The molecule has 0 saturated carbocycles. The van der Waals surface area contributed by atoms with Gasteiger partial charge in [0, 0.05) is 45.0 Å². The maximum Gasteiger partial charge on any atom is 0.271 e. The third-order valence-electron chi connectivity index (χ3n) is 6.55. The van der Waals surface area contributed by atoms with E-state index in [1.54, 1.807) is 18.3 Å². The number of likely N-dealkylation sites (N-methyl/N-ethyl adjacent to an activating group) is 1. The Morgan fingerprint density at radius 2 is 1.83 bits per heavy atom. The van der Waals surface area contributed by atoms with Crippen molar-refractivity contribution in [2.75, 3.05) is 56.1 Å². The van der Waals surface area contributed by atoms with Gasteiger partial charge in [-0.1, -0.05) is 13.3 Å². The molecule has 1 saturated heterocycles. The molecule has 0 spiro atoms. The molecule has 2 aromatic rings. The molecule has 0 bridgehead atoms. The van der Waals surface area contributed by atoms with Crippen molar-refractivity contribution in [1.82, 2.24) is 24.8 Å². The van der Waals surface area contributed by atoms with E-state index in [0.717, 1.165) is 45.3 Å². The Morgan fingerprint density at radius 3 is 2.46 bits per heavy atom. The molecule has 11 heteroatoms. The number of carbonyl (C=O) groups is 2. The Morgan fingerprint density at radius 1 is 1.11 bits per heavy atom. The second-order valence-corrected chi connectivity index (χ2v) is 9.01. The second kappa shape index (κ2) is 11.8. The minimum atomic E-state index is -0.680. The summed E-state index contributed by atoms with van der Waals surface area (Å²) in [4.78, 5) is 43.6. The van der Waals surface area contributed by atoms with Crippen molar-refractivity contribution in [3.63, 3.8) is 0 Å².